The van der Waals surface area contributed by atoms with Gasteiger partial charge in [-0.25, -0.2) is 0 Å². The fourth-order valence-corrected chi connectivity index (χ4v) is 3.54. The number of benzene rings is 1. The number of carbonyl (C=O) groups is 1. The molecule has 1 aromatic carbocycles. The molecule has 0 spiro atoms. The first kappa shape index (κ1) is 14.3. The minimum atomic E-state index is -0.161. The standard InChI is InChI=1S/C13H12Cl2N2OS/c1-3-5-17-12-9(15)6-8(14)7-10(12)19-13(17)16-11(18)4-2/h3,6-7H,1,4-5H2,2H3. The number of hydrogen-bond acceptors (Lipinski definition) is 2. The molecule has 6 heteroatoms. The fourth-order valence-electron chi connectivity index (χ4n) is 1.70. The lowest BCUT2D eigenvalue weighted by Gasteiger charge is -2.03. The van der Waals surface area contributed by atoms with Gasteiger partial charge >= 0.3 is 0 Å². The summed E-state index contributed by atoms with van der Waals surface area (Å²) >= 11 is 13.6. The van der Waals surface area contributed by atoms with Crippen LogP contribution in [0.5, 0.6) is 0 Å². The molecule has 0 radical (unpaired) electrons. The highest BCUT2D eigenvalue weighted by Gasteiger charge is 2.11. The molecule has 0 aliphatic carbocycles. The number of carbonyl (C=O) groups excluding carboxylic acids is 1. The fraction of sp³-hybridized carbons (Fsp3) is 0.231. The molecule has 2 rings (SSSR count). The smallest absolute Gasteiger partial charge is 0.248 e. The van der Waals surface area contributed by atoms with E-state index >= 15 is 0 Å². The second-order valence-corrected chi connectivity index (χ2v) is 5.73. The quantitative estimate of drug-likeness (QED) is 0.787. The molecule has 0 atom stereocenters. The topological polar surface area (TPSA) is 34.4 Å². The summed E-state index contributed by atoms with van der Waals surface area (Å²) in [6.07, 6.45) is 2.11. The Kier molecular flexibility index (Phi) is 4.45. The predicted octanol–water partition coefficient (Wildman–Crippen LogP) is 4.03. The summed E-state index contributed by atoms with van der Waals surface area (Å²) in [6.45, 7) is 6.04. The minimum absolute atomic E-state index is 0.161. The van der Waals surface area contributed by atoms with Gasteiger partial charge in [0.1, 0.15) is 0 Å². The summed E-state index contributed by atoms with van der Waals surface area (Å²) in [4.78, 5) is 16.2. The van der Waals surface area contributed by atoms with Crippen molar-refractivity contribution in [3.63, 3.8) is 0 Å². The maximum Gasteiger partial charge on any atom is 0.248 e. The molecule has 0 unspecified atom stereocenters. The average Bonchev–Trinajstić information content (AvgIpc) is 2.67. The van der Waals surface area contributed by atoms with Crippen LogP contribution >= 0.6 is 34.5 Å². The molecule has 1 amide bonds. The molecular formula is C13H12Cl2N2OS. The molecule has 0 aliphatic heterocycles. The number of amides is 1. The van der Waals surface area contributed by atoms with Crippen LogP contribution in [0.15, 0.2) is 29.8 Å². The van der Waals surface area contributed by atoms with Gasteiger partial charge in [0.15, 0.2) is 4.80 Å². The van der Waals surface area contributed by atoms with Crippen LogP contribution in [0.25, 0.3) is 10.2 Å². The van der Waals surface area contributed by atoms with E-state index in [1.807, 2.05) is 10.6 Å². The van der Waals surface area contributed by atoms with Gasteiger partial charge in [-0.1, -0.05) is 47.5 Å². The van der Waals surface area contributed by atoms with Crippen LogP contribution < -0.4 is 4.80 Å². The lowest BCUT2D eigenvalue weighted by molar-refractivity contribution is -0.117. The van der Waals surface area contributed by atoms with Crippen molar-refractivity contribution in [1.29, 1.82) is 0 Å². The maximum absolute atomic E-state index is 11.5. The Hall–Kier alpha value is -1.10. The van der Waals surface area contributed by atoms with E-state index in [-0.39, 0.29) is 5.91 Å². The molecule has 0 saturated carbocycles. The summed E-state index contributed by atoms with van der Waals surface area (Å²) in [7, 11) is 0. The summed E-state index contributed by atoms with van der Waals surface area (Å²) < 4.78 is 2.78. The number of nitrogens with zero attached hydrogens (tertiary/aromatic N) is 2. The number of halogens is 2. The average molecular weight is 315 g/mol. The molecule has 3 nitrogen and oxygen atoms in total. The van der Waals surface area contributed by atoms with Crippen LogP contribution in [0, 0.1) is 0 Å². The van der Waals surface area contributed by atoms with Crippen LogP contribution in [0.2, 0.25) is 10.0 Å². The number of fused-ring (bicyclic) bond motifs is 1. The minimum Gasteiger partial charge on any atom is -0.311 e. The third-order valence-electron chi connectivity index (χ3n) is 2.53. The van der Waals surface area contributed by atoms with Crippen molar-refractivity contribution in [2.45, 2.75) is 19.9 Å². The molecule has 100 valence electrons. The van der Waals surface area contributed by atoms with Crippen molar-refractivity contribution in [2.24, 2.45) is 4.99 Å². The lowest BCUT2D eigenvalue weighted by Crippen LogP contribution is -2.16. The second-order valence-electron chi connectivity index (χ2n) is 3.88. The third-order valence-corrected chi connectivity index (χ3v) is 4.06. The molecule has 0 N–H and O–H groups in total. The Labute approximate surface area is 124 Å². The van der Waals surface area contributed by atoms with E-state index < -0.39 is 0 Å². The summed E-state index contributed by atoms with van der Waals surface area (Å²) in [6, 6.07) is 3.51. The highest BCUT2D eigenvalue weighted by Crippen LogP contribution is 2.29. The van der Waals surface area contributed by atoms with Crippen molar-refractivity contribution in [3.8, 4) is 0 Å². The molecule has 1 aromatic heterocycles. The summed E-state index contributed by atoms with van der Waals surface area (Å²) in [5, 5.41) is 1.11. The summed E-state index contributed by atoms with van der Waals surface area (Å²) in [5.41, 5.74) is 0.832. The van der Waals surface area contributed by atoms with Gasteiger partial charge in [-0.05, 0) is 12.1 Å². The molecule has 2 aromatic rings. The first-order valence-corrected chi connectivity index (χ1v) is 7.31. The molecule has 1 heterocycles. The second kappa shape index (κ2) is 5.90. The molecule has 0 aliphatic rings. The monoisotopic (exact) mass is 314 g/mol. The van der Waals surface area contributed by atoms with Crippen molar-refractivity contribution in [1.82, 2.24) is 4.57 Å². The van der Waals surface area contributed by atoms with Gasteiger partial charge in [0.05, 0.1) is 15.2 Å². The zero-order valence-corrected chi connectivity index (χ0v) is 12.6. The van der Waals surface area contributed by atoms with E-state index in [0.717, 1.165) is 10.2 Å². The van der Waals surface area contributed by atoms with Crippen LogP contribution in [0.4, 0.5) is 0 Å². The Morgan fingerprint density at radius 1 is 1.53 bits per heavy atom. The van der Waals surface area contributed by atoms with Gasteiger partial charge in [-0.15, -0.1) is 6.58 Å². The largest absolute Gasteiger partial charge is 0.311 e. The van der Waals surface area contributed by atoms with Crippen molar-refractivity contribution in [3.05, 3.63) is 39.6 Å². The van der Waals surface area contributed by atoms with E-state index in [0.29, 0.717) is 27.8 Å². The Balaban J connectivity index is 2.81. The van der Waals surface area contributed by atoms with E-state index in [1.54, 1.807) is 19.1 Å². The van der Waals surface area contributed by atoms with Gasteiger partial charge in [0.2, 0.25) is 5.91 Å². The number of hydrogen-bond donors (Lipinski definition) is 0. The Bertz CT molecular complexity index is 715. The van der Waals surface area contributed by atoms with Gasteiger partial charge in [0, 0.05) is 18.0 Å². The lowest BCUT2D eigenvalue weighted by atomic mass is 10.3. The van der Waals surface area contributed by atoms with Gasteiger partial charge in [-0.3, -0.25) is 4.79 Å². The highest BCUT2D eigenvalue weighted by molar-refractivity contribution is 7.16. The molecule has 19 heavy (non-hydrogen) atoms. The Morgan fingerprint density at radius 3 is 2.89 bits per heavy atom. The van der Waals surface area contributed by atoms with Crippen molar-refractivity contribution >= 4 is 50.7 Å². The Morgan fingerprint density at radius 2 is 2.26 bits per heavy atom. The van der Waals surface area contributed by atoms with Gasteiger partial charge in [0.25, 0.3) is 0 Å². The van der Waals surface area contributed by atoms with Crippen LogP contribution in [0.1, 0.15) is 13.3 Å². The number of aromatic nitrogens is 1. The van der Waals surface area contributed by atoms with Gasteiger partial charge in [-0.2, -0.15) is 4.99 Å². The summed E-state index contributed by atoms with van der Waals surface area (Å²) in [5.74, 6) is -0.161. The molecular weight excluding hydrogens is 303 g/mol. The van der Waals surface area contributed by atoms with E-state index in [2.05, 4.69) is 11.6 Å². The SMILES string of the molecule is C=CCn1c(=NC(=O)CC)sc2cc(Cl)cc(Cl)c21. The first-order chi connectivity index (χ1) is 9.06. The zero-order chi connectivity index (χ0) is 14.0. The highest BCUT2D eigenvalue weighted by atomic mass is 35.5. The van der Waals surface area contributed by atoms with Crippen molar-refractivity contribution < 1.29 is 4.79 Å². The van der Waals surface area contributed by atoms with Crippen LogP contribution in [-0.2, 0) is 11.3 Å². The number of allylic oxidation sites excluding steroid dienone is 1. The van der Waals surface area contributed by atoms with Gasteiger partial charge < -0.3 is 4.57 Å². The van der Waals surface area contributed by atoms with Crippen LogP contribution in [-0.4, -0.2) is 10.5 Å². The molecule has 0 fully saturated rings. The van der Waals surface area contributed by atoms with E-state index in [1.165, 1.54) is 11.3 Å². The molecule has 0 bridgehead atoms. The number of rotatable bonds is 3. The van der Waals surface area contributed by atoms with E-state index in [4.69, 9.17) is 23.2 Å². The van der Waals surface area contributed by atoms with Crippen molar-refractivity contribution in [2.75, 3.05) is 0 Å². The first-order valence-electron chi connectivity index (χ1n) is 5.73. The third kappa shape index (κ3) is 2.91. The molecule has 0 saturated heterocycles. The van der Waals surface area contributed by atoms with Crippen LogP contribution in [0.3, 0.4) is 0 Å². The number of thiazole rings is 1. The van der Waals surface area contributed by atoms with E-state index in [9.17, 15) is 4.79 Å². The predicted molar refractivity (Wildman–Crippen MR) is 80.9 cm³/mol. The normalized spacial score (nSPS) is 12.1. The maximum atomic E-state index is 11.5. The zero-order valence-electron chi connectivity index (χ0n) is 10.3.